The molecular formula is C23H19NO3. The van der Waals surface area contributed by atoms with E-state index in [9.17, 15) is 10.4 Å². The maximum absolute atomic E-state index is 11.2. The Morgan fingerprint density at radius 2 is 1.19 bits per heavy atom. The molecule has 0 radical (unpaired) electrons. The Bertz CT molecular complexity index is 898. The third kappa shape index (κ3) is 2.92. The van der Waals surface area contributed by atoms with E-state index >= 15 is 0 Å². The molecule has 134 valence electrons. The van der Waals surface area contributed by atoms with Crippen molar-refractivity contribution in [3.05, 3.63) is 108 Å². The monoisotopic (exact) mass is 357 g/mol. The van der Waals surface area contributed by atoms with Crippen LogP contribution in [0, 0.1) is 17.2 Å². The van der Waals surface area contributed by atoms with Gasteiger partial charge < -0.3 is 5.11 Å². The quantitative estimate of drug-likeness (QED) is 0.711. The Labute approximate surface area is 158 Å². The lowest BCUT2D eigenvalue weighted by atomic mass is 9.75. The SMILES string of the molecule is N#CC1CC(c2ccccc2)(c2ccccc2)OOC1(O)c1ccccc1. The van der Waals surface area contributed by atoms with Crippen LogP contribution in [-0.4, -0.2) is 5.11 Å². The zero-order valence-corrected chi connectivity index (χ0v) is 14.7. The zero-order chi connectivity index (χ0) is 18.7. The topological polar surface area (TPSA) is 62.5 Å². The molecule has 4 rings (SSSR count). The van der Waals surface area contributed by atoms with Crippen LogP contribution in [0.2, 0.25) is 0 Å². The van der Waals surface area contributed by atoms with Crippen LogP contribution >= 0.6 is 0 Å². The summed E-state index contributed by atoms with van der Waals surface area (Å²) in [5.41, 5.74) is 1.24. The van der Waals surface area contributed by atoms with E-state index in [0.29, 0.717) is 5.56 Å². The summed E-state index contributed by atoms with van der Waals surface area (Å²) in [6.45, 7) is 0. The van der Waals surface area contributed by atoms with Gasteiger partial charge in [0.1, 0.15) is 5.92 Å². The van der Waals surface area contributed by atoms with E-state index in [1.54, 1.807) is 24.3 Å². The molecule has 4 heteroatoms. The van der Waals surface area contributed by atoms with E-state index < -0.39 is 17.3 Å². The predicted octanol–water partition coefficient (Wildman–Crippen LogP) is 4.27. The van der Waals surface area contributed by atoms with Crippen LogP contribution in [0.3, 0.4) is 0 Å². The molecule has 0 aromatic heterocycles. The highest BCUT2D eigenvalue weighted by atomic mass is 17.2. The van der Waals surface area contributed by atoms with Gasteiger partial charge in [-0.3, -0.25) is 0 Å². The van der Waals surface area contributed by atoms with E-state index in [4.69, 9.17) is 9.78 Å². The average Bonchev–Trinajstić information content (AvgIpc) is 2.76. The molecule has 1 fully saturated rings. The molecule has 1 N–H and O–H groups in total. The molecule has 0 saturated carbocycles. The highest BCUT2D eigenvalue weighted by molar-refractivity contribution is 5.38. The summed E-state index contributed by atoms with van der Waals surface area (Å²) in [5.74, 6) is -2.66. The number of hydrogen-bond acceptors (Lipinski definition) is 4. The van der Waals surface area contributed by atoms with E-state index in [-0.39, 0.29) is 6.42 Å². The molecule has 3 aromatic carbocycles. The second-order valence-electron chi connectivity index (χ2n) is 6.67. The first-order valence-corrected chi connectivity index (χ1v) is 8.84. The second-order valence-corrected chi connectivity index (χ2v) is 6.67. The number of hydrogen-bond donors (Lipinski definition) is 1. The summed E-state index contributed by atoms with van der Waals surface area (Å²) in [4.78, 5) is 11.6. The molecule has 0 spiro atoms. The number of nitrogens with zero attached hydrogens (tertiary/aromatic N) is 1. The van der Waals surface area contributed by atoms with Crippen LogP contribution in [0.25, 0.3) is 0 Å². The van der Waals surface area contributed by atoms with Crippen molar-refractivity contribution >= 4 is 0 Å². The molecular weight excluding hydrogens is 338 g/mol. The van der Waals surface area contributed by atoms with Crippen LogP contribution < -0.4 is 0 Å². The van der Waals surface area contributed by atoms with Crippen molar-refractivity contribution in [2.24, 2.45) is 5.92 Å². The van der Waals surface area contributed by atoms with Gasteiger partial charge in [-0.05, 0) is 11.1 Å². The standard InChI is InChI=1S/C23H19NO3/c24-17-21-16-22(18-10-4-1-5-11-18,19-12-6-2-7-13-19)26-27-23(21,25)20-14-8-3-9-15-20/h1-15,21,25H,16H2. The van der Waals surface area contributed by atoms with Gasteiger partial charge in [0.05, 0.1) is 6.07 Å². The van der Waals surface area contributed by atoms with Crippen molar-refractivity contribution in [2.45, 2.75) is 17.8 Å². The minimum absolute atomic E-state index is 0.253. The molecule has 4 nitrogen and oxygen atoms in total. The number of nitriles is 1. The predicted molar refractivity (Wildman–Crippen MR) is 99.9 cm³/mol. The Hall–Kier alpha value is -2.97. The highest BCUT2D eigenvalue weighted by Crippen LogP contribution is 2.49. The van der Waals surface area contributed by atoms with E-state index in [1.165, 1.54) is 0 Å². The lowest BCUT2D eigenvalue weighted by Crippen LogP contribution is -2.50. The van der Waals surface area contributed by atoms with Crippen LogP contribution in [0.15, 0.2) is 91.0 Å². The van der Waals surface area contributed by atoms with Crippen molar-refractivity contribution in [3.63, 3.8) is 0 Å². The van der Waals surface area contributed by atoms with Crippen molar-refractivity contribution in [2.75, 3.05) is 0 Å². The highest BCUT2D eigenvalue weighted by Gasteiger charge is 2.54. The normalized spacial score (nSPS) is 24.1. The van der Waals surface area contributed by atoms with Crippen molar-refractivity contribution < 1.29 is 14.9 Å². The van der Waals surface area contributed by atoms with Gasteiger partial charge >= 0.3 is 0 Å². The molecule has 0 amide bonds. The smallest absolute Gasteiger partial charge is 0.241 e. The zero-order valence-electron chi connectivity index (χ0n) is 14.7. The summed E-state index contributed by atoms with van der Waals surface area (Å²) in [6.07, 6.45) is 0.253. The van der Waals surface area contributed by atoms with Gasteiger partial charge in [0.25, 0.3) is 0 Å². The molecule has 3 aromatic rings. The maximum Gasteiger partial charge on any atom is 0.241 e. The number of benzene rings is 3. The first-order valence-electron chi connectivity index (χ1n) is 8.84. The van der Waals surface area contributed by atoms with Crippen molar-refractivity contribution in [1.29, 1.82) is 5.26 Å². The molecule has 27 heavy (non-hydrogen) atoms. The minimum Gasteiger partial charge on any atom is -0.359 e. The van der Waals surface area contributed by atoms with Crippen LogP contribution in [0.5, 0.6) is 0 Å². The average molecular weight is 357 g/mol. The third-order valence-electron chi connectivity index (χ3n) is 5.10. The molecule has 1 saturated heterocycles. The van der Waals surface area contributed by atoms with Gasteiger partial charge in [0, 0.05) is 12.0 Å². The fraction of sp³-hybridized carbons (Fsp3) is 0.174. The van der Waals surface area contributed by atoms with Gasteiger partial charge in [0.2, 0.25) is 5.79 Å². The van der Waals surface area contributed by atoms with E-state index in [0.717, 1.165) is 11.1 Å². The first-order chi connectivity index (χ1) is 13.2. The third-order valence-corrected chi connectivity index (χ3v) is 5.10. The second kappa shape index (κ2) is 6.98. The van der Waals surface area contributed by atoms with E-state index in [2.05, 4.69) is 6.07 Å². The van der Waals surface area contributed by atoms with Crippen molar-refractivity contribution in [1.82, 2.24) is 0 Å². The van der Waals surface area contributed by atoms with Gasteiger partial charge in [-0.2, -0.15) is 10.1 Å². The fourth-order valence-electron chi connectivity index (χ4n) is 3.63. The van der Waals surface area contributed by atoms with Crippen molar-refractivity contribution in [3.8, 4) is 6.07 Å². The summed E-state index contributed by atoms with van der Waals surface area (Å²) in [6, 6.07) is 30.4. The number of rotatable bonds is 3. The summed E-state index contributed by atoms with van der Waals surface area (Å²) < 4.78 is 0. The van der Waals surface area contributed by atoms with Crippen LogP contribution in [-0.2, 0) is 21.2 Å². The molecule has 2 atom stereocenters. The molecule has 1 aliphatic rings. The summed E-state index contributed by atoms with van der Waals surface area (Å²) in [7, 11) is 0. The van der Waals surface area contributed by atoms with Crippen LogP contribution in [0.4, 0.5) is 0 Å². The van der Waals surface area contributed by atoms with Gasteiger partial charge in [0.15, 0.2) is 5.60 Å². The molecule has 1 heterocycles. The molecule has 0 aliphatic carbocycles. The van der Waals surface area contributed by atoms with Gasteiger partial charge in [-0.1, -0.05) is 91.0 Å². The molecule has 2 unspecified atom stereocenters. The summed E-state index contributed by atoms with van der Waals surface area (Å²) in [5, 5.41) is 21.0. The van der Waals surface area contributed by atoms with E-state index in [1.807, 2.05) is 66.7 Å². The van der Waals surface area contributed by atoms with Gasteiger partial charge in [-0.15, -0.1) is 0 Å². The fourth-order valence-corrected chi connectivity index (χ4v) is 3.63. The first kappa shape index (κ1) is 17.4. The maximum atomic E-state index is 11.2. The Morgan fingerprint density at radius 3 is 1.63 bits per heavy atom. The number of aliphatic hydroxyl groups is 1. The Kier molecular flexibility index (Phi) is 4.51. The lowest BCUT2D eigenvalue weighted by molar-refractivity contribution is -0.500. The summed E-state index contributed by atoms with van der Waals surface area (Å²) >= 11 is 0. The van der Waals surface area contributed by atoms with Gasteiger partial charge in [-0.25, -0.2) is 4.89 Å². The minimum atomic E-state index is -1.83. The lowest BCUT2D eigenvalue weighted by Gasteiger charge is -2.45. The Balaban J connectivity index is 1.81. The molecule has 1 aliphatic heterocycles. The molecule has 0 bridgehead atoms. The van der Waals surface area contributed by atoms with Crippen LogP contribution in [0.1, 0.15) is 23.1 Å². The Morgan fingerprint density at radius 1 is 0.741 bits per heavy atom. The largest absolute Gasteiger partial charge is 0.359 e.